The number of benzene rings is 1. The van der Waals surface area contributed by atoms with Crippen molar-refractivity contribution in [2.75, 3.05) is 0 Å². The third-order valence-corrected chi connectivity index (χ3v) is 7.32. The number of aromatic amines is 1. The fourth-order valence-corrected chi connectivity index (χ4v) is 4.18. The number of hydrogen-bond acceptors (Lipinski definition) is 5. The Morgan fingerprint density at radius 1 is 0.868 bits per heavy atom. The Kier molecular flexibility index (Phi) is 11.3. The quantitative estimate of drug-likeness (QED) is 0.220. The molecule has 0 radical (unpaired) electrons. The first-order valence-corrected chi connectivity index (χ1v) is 13.4. The van der Waals surface area contributed by atoms with Crippen LogP contribution in [0.15, 0.2) is 30.5 Å². The fraction of sp³-hybridized carbons (Fsp3) is 0.571. The largest absolute Gasteiger partial charge is 0.480 e. The molecule has 3 amide bonds. The molecule has 2 rings (SSSR count). The van der Waals surface area contributed by atoms with Gasteiger partial charge in [0, 0.05) is 23.5 Å². The van der Waals surface area contributed by atoms with E-state index in [4.69, 9.17) is 5.73 Å². The number of carbonyl (C=O) groups is 4. The van der Waals surface area contributed by atoms with Gasteiger partial charge in [-0.1, -0.05) is 72.6 Å². The maximum atomic E-state index is 13.6. The summed E-state index contributed by atoms with van der Waals surface area (Å²) in [7, 11) is 0. The SMILES string of the molecule is CCC(C)C(NC(=O)C(NC(=O)C(Cc1c[nH]c2ccccc12)NC(=O)C(N)C(C)C)C(C)CC)C(=O)O. The summed E-state index contributed by atoms with van der Waals surface area (Å²) in [6.07, 6.45) is 3.09. The molecule has 1 heterocycles. The molecular weight excluding hydrogens is 486 g/mol. The number of aromatic nitrogens is 1. The molecule has 6 unspecified atom stereocenters. The molecule has 0 saturated carbocycles. The smallest absolute Gasteiger partial charge is 0.326 e. The van der Waals surface area contributed by atoms with Crippen molar-refractivity contribution in [3.05, 3.63) is 36.0 Å². The molecule has 210 valence electrons. The first-order valence-electron chi connectivity index (χ1n) is 13.4. The summed E-state index contributed by atoms with van der Waals surface area (Å²) >= 11 is 0. The summed E-state index contributed by atoms with van der Waals surface area (Å²) in [5, 5.41) is 18.7. The zero-order valence-corrected chi connectivity index (χ0v) is 23.2. The third-order valence-electron chi connectivity index (χ3n) is 7.32. The molecule has 0 fully saturated rings. The van der Waals surface area contributed by atoms with Gasteiger partial charge in [-0.05, 0) is 29.4 Å². The minimum Gasteiger partial charge on any atom is -0.480 e. The Bertz CT molecular complexity index is 1110. The van der Waals surface area contributed by atoms with Gasteiger partial charge in [0.2, 0.25) is 17.7 Å². The molecule has 0 aliphatic heterocycles. The highest BCUT2D eigenvalue weighted by Crippen LogP contribution is 2.20. The van der Waals surface area contributed by atoms with E-state index in [0.29, 0.717) is 12.8 Å². The highest BCUT2D eigenvalue weighted by atomic mass is 16.4. The number of nitrogens with one attached hydrogen (secondary N) is 4. The van der Waals surface area contributed by atoms with Gasteiger partial charge in [0.15, 0.2) is 0 Å². The molecule has 0 aliphatic rings. The molecule has 0 saturated heterocycles. The number of H-pyrrole nitrogens is 1. The van der Waals surface area contributed by atoms with Crippen LogP contribution < -0.4 is 21.7 Å². The molecule has 7 N–H and O–H groups in total. The normalized spacial score (nSPS) is 16.2. The standard InChI is InChI=1S/C28H43N5O5/c1-7-16(5)23(27(36)33-24(28(37)38)17(6)8-2)32-25(34)21(31-26(35)22(29)15(3)4)13-18-14-30-20-12-10-9-11-19(18)20/h9-12,14-17,21-24,30H,7-8,13,29H2,1-6H3,(H,31,35)(H,32,34)(H,33,36)(H,37,38). The van der Waals surface area contributed by atoms with E-state index in [1.165, 1.54) is 0 Å². The van der Waals surface area contributed by atoms with Crippen molar-refractivity contribution < 1.29 is 24.3 Å². The average Bonchev–Trinajstić information content (AvgIpc) is 3.30. The van der Waals surface area contributed by atoms with Crippen LogP contribution in [-0.2, 0) is 25.6 Å². The van der Waals surface area contributed by atoms with E-state index in [9.17, 15) is 24.3 Å². The second-order valence-electron chi connectivity index (χ2n) is 10.5. The number of hydrogen-bond donors (Lipinski definition) is 6. The fourth-order valence-electron chi connectivity index (χ4n) is 4.18. The lowest BCUT2D eigenvalue weighted by atomic mass is 9.94. The van der Waals surface area contributed by atoms with E-state index >= 15 is 0 Å². The Labute approximate surface area is 224 Å². The van der Waals surface area contributed by atoms with Gasteiger partial charge in [-0.3, -0.25) is 14.4 Å². The lowest BCUT2D eigenvalue weighted by molar-refractivity contribution is -0.144. The molecule has 10 nitrogen and oxygen atoms in total. The van der Waals surface area contributed by atoms with E-state index < -0.39 is 47.9 Å². The molecule has 2 aromatic rings. The summed E-state index contributed by atoms with van der Waals surface area (Å²) < 4.78 is 0. The van der Waals surface area contributed by atoms with Gasteiger partial charge in [-0.15, -0.1) is 0 Å². The van der Waals surface area contributed by atoms with E-state index in [2.05, 4.69) is 20.9 Å². The van der Waals surface area contributed by atoms with Gasteiger partial charge in [0.05, 0.1) is 6.04 Å². The Hall–Kier alpha value is -3.40. The summed E-state index contributed by atoms with van der Waals surface area (Å²) in [5.74, 6) is -3.43. The maximum absolute atomic E-state index is 13.6. The summed E-state index contributed by atoms with van der Waals surface area (Å²) in [6.45, 7) is 10.9. The van der Waals surface area contributed by atoms with Crippen LogP contribution >= 0.6 is 0 Å². The highest BCUT2D eigenvalue weighted by molar-refractivity contribution is 5.95. The van der Waals surface area contributed by atoms with Crippen LogP contribution in [-0.4, -0.2) is 57.9 Å². The molecule has 6 atom stereocenters. The number of carboxylic acids is 1. The molecule has 0 spiro atoms. The second-order valence-corrected chi connectivity index (χ2v) is 10.5. The zero-order chi connectivity index (χ0) is 28.6. The van der Waals surface area contributed by atoms with Crippen LogP contribution in [0, 0.1) is 17.8 Å². The molecular formula is C28H43N5O5. The van der Waals surface area contributed by atoms with Crippen LogP contribution in [0.25, 0.3) is 10.9 Å². The number of fused-ring (bicyclic) bond motifs is 1. The Balaban J connectivity index is 2.34. The monoisotopic (exact) mass is 529 g/mol. The van der Waals surface area contributed by atoms with Gasteiger partial charge in [0.25, 0.3) is 0 Å². The first-order chi connectivity index (χ1) is 17.9. The van der Waals surface area contributed by atoms with Crippen LogP contribution in [0.3, 0.4) is 0 Å². The zero-order valence-electron chi connectivity index (χ0n) is 23.2. The van der Waals surface area contributed by atoms with Gasteiger partial charge in [-0.25, -0.2) is 4.79 Å². The van der Waals surface area contributed by atoms with Crippen LogP contribution in [0.1, 0.15) is 59.9 Å². The predicted molar refractivity (Wildman–Crippen MR) is 147 cm³/mol. The molecule has 1 aromatic heterocycles. The van der Waals surface area contributed by atoms with Gasteiger partial charge in [-0.2, -0.15) is 0 Å². The van der Waals surface area contributed by atoms with Gasteiger partial charge < -0.3 is 31.8 Å². The number of para-hydroxylation sites is 1. The molecule has 10 heteroatoms. The number of carbonyl (C=O) groups excluding carboxylic acids is 3. The van der Waals surface area contributed by atoms with Crippen LogP contribution in [0.4, 0.5) is 0 Å². The Morgan fingerprint density at radius 2 is 1.45 bits per heavy atom. The highest BCUT2D eigenvalue weighted by Gasteiger charge is 2.34. The average molecular weight is 530 g/mol. The summed E-state index contributed by atoms with van der Waals surface area (Å²) in [6, 6.07) is 3.75. The van der Waals surface area contributed by atoms with Crippen molar-refractivity contribution in [1.82, 2.24) is 20.9 Å². The lowest BCUT2D eigenvalue weighted by Gasteiger charge is -2.29. The molecule has 0 bridgehead atoms. The molecule has 0 aliphatic carbocycles. The topological polar surface area (TPSA) is 166 Å². The van der Waals surface area contributed by atoms with Crippen molar-refractivity contribution >= 4 is 34.6 Å². The van der Waals surface area contributed by atoms with Gasteiger partial charge in [0.1, 0.15) is 18.1 Å². The Morgan fingerprint density at radius 3 is 2.03 bits per heavy atom. The lowest BCUT2D eigenvalue weighted by Crippen LogP contribution is -2.60. The number of nitrogens with two attached hydrogens (primary N) is 1. The van der Waals surface area contributed by atoms with Crippen molar-refractivity contribution in [2.45, 2.75) is 85.0 Å². The number of amides is 3. The number of carboxylic acid groups (broad SMARTS) is 1. The number of rotatable bonds is 14. The van der Waals surface area contributed by atoms with Crippen LogP contribution in [0.2, 0.25) is 0 Å². The minimum absolute atomic E-state index is 0.140. The number of aliphatic carboxylic acids is 1. The minimum atomic E-state index is -1.13. The molecule has 38 heavy (non-hydrogen) atoms. The van der Waals surface area contributed by atoms with E-state index in [0.717, 1.165) is 16.5 Å². The summed E-state index contributed by atoms with van der Waals surface area (Å²) in [4.78, 5) is 54.7. The molecule has 1 aromatic carbocycles. The predicted octanol–water partition coefficient (Wildman–Crippen LogP) is 2.32. The van der Waals surface area contributed by atoms with E-state index in [1.54, 1.807) is 13.1 Å². The van der Waals surface area contributed by atoms with Gasteiger partial charge >= 0.3 is 5.97 Å². The van der Waals surface area contributed by atoms with Crippen molar-refractivity contribution in [3.63, 3.8) is 0 Å². The first kappa shape index (κ1) is 30.8. The third kappa shape index (κ3) is 7.80. The van der Waals surface area contributed by atoms with E-state index in [1.807, 2.05) is 58.9 Å². The van der Waals surface area contributed by atoms with Crippen molar-refractivity contribution in [2.24, 2.45) is 23.5 Å². The van der Waals surface area contributed by atoms with E-state index in [-0.39, 0.29) is 24.2 Å². The van der Waals surface area contributed by atoms with Crippen molar-refractivity contribution in [1.29, 1.82) is 0 Å². The maximum Gasteiger partial charge on any atom is 0.326 e. The van der Waals surface area contributed by atoms with Crippen molar-refractivity contribution in [3.8, 4) is 0 Å². The summed E-state index contributed by atoms with van der Waals surface area (Å²) in [5.41, 5.74) is 7.77. The second kappa shape index (κ2) is 13.9. The van der Waals surface area contributed by atoms with Crippen LogP contribution in [0.5, 0.6) is 0 Å².